The molecule has 25 nitrogen and oxygen atoms in total. The summed E-state index contributed by atoms with van der Waals surface area (Å²) in [5.74, 6) is -6.67. The van der Waals surface area contributed by atoms with Crippen molar-refractivity contribution in [2.75, 3.05) is 59.3 Å². The number of benzene rings is 2. The monoisotopic (exact) mass is 1120 g/mol. The van der Waals surface area contributed by atoms with Gasteiger partial charge in [-0.25, -0.2) is 14.2 Å². The summed E-state index contributed by atoms with van der Waals surface area (Å²) in [6, 6.07) is 10.7. The summed E-state index contributed by atoms with van der Waals surface area (Å²) in [7, 11) is 0. The Balaban J connectivity index is 0.742. The maximum atomic E-state index is 15.4. The maximum absolute atomic E-state index is 15.4. The number of cyclic esters (lactones) is 1. The topological polar surface area (TPSA) is 341 Å². The third-order valence-corrected chi connectivity index (χ3v) is 14.0. The van der Waals surface area contributed by atoms with Gasteiger partial charge in [-0.2, -0.15) is 0 Å². The summed E-state index contributed by atoms with van der Waals surface area (Å²) in [6.07, 6.45) is 3.91. The quantitative estimate of drug-likeness (QED) is 0.0120. The van der Waals surface area contributed by atoms with Crippen LogP contribution in [0.3, 0.4) is 0 Å². The summed E-state index contributed by atoms with van der Waals surface area (Å²) in [5.41, 5.74) is 1.53. The van der Waals surface area contributed by atoms with Crippen LogP contribution in [0.1, 0.15) is 84.0 Å². The molecule has 8 rings (SSSR count). The van der Waals surface area contributed by atoms with Crippen LogP contribution in [0.5, 0.6) is 0 Å². The molecule has 0 unspecified atom stereocenters. The van der Waals surface area contributed by atoms with Gasteiger partial charge in [0.15, 0.2) is 5.60 Å². The van der Waals surface area contributed by atoms with Gasteiger partial charge in [0.25, 0.3) is 23.3 Å². The molecule has 4 aliphatic rings. The second kappa shape index (κ2) is 25.8. The summed E-state index contributed by atoms with van der Waals surface area (Å²) in [5, 5.41) is 29.7. The highest BCUT2D eigenvalue weighted by Gasteiger charge is 2.46. The smallest absolute Gasteiger partial charge is 0.343 e. The summed E-state index contributed by atoms with van der Waals surface area (Å²) in [4.78, 5) is 145. The first-order valence-electron chi connectivity index (χ1n) is 26.1. The SMILES string of the molecule is CC[C@@]1(O)C(=O)OCc2c1cc1n(c2=O)Cc2c-1nc1cc(F)c(C)c3c1c2[C@@H](NC(=O)CCC(=O)NCCOCNC(=O)CNC(=O)/C(=C/c1ccccc1)NC(=O)CNC(=O)CNC(=O)CCOCCN1C(=O)C=CC1=O)CC3. The molecule has 81 heavy (non-hydrogen) atoms. The van der Waals surface area contributed by atoms with Gasteiger partial charge >= 0.3 is 5.97 Å². The predicted molar refractivity (Wildman–Crippen MR) is 283 cm³/mol. The lowest BCUT2D eigenvalue weighted by Gasteiger charge is -2.31. The Morgan fingerprint density at radius 2 is 1.49 bits per heavy atom. The van der Waals surface area contributed by atoms with Gasteiger partial charge in [-0.15, -0.1) is 0 Å². The first-order valence-corrected chi connectivity index (χ1v) is 26.1. The van der Waals surface area contributed by atoms with Gasteiger partial charge in [0.2, 0.25) is 35.4 Å². The van der Waals surface area contributed by atoms with Crippen molar-refractivity contribution < 1.29 is 71.7 Å². The number of imide groups is 1. The van der Waals surface area contributed by atoms with Gasteiger partial charge in [-0.1, -0.05) is 37.3 Å². The second-order valence-corrected chi connectivity index (χ2v) is 19.2. The zero-order valence-corrected chi connectivity index (χ0v) is 44.3. The van der Waals surface area contributed by atoms with Gasteiger partial charge in [-0.05, 0) is 60.6 Å². The summed E-state index contributed by atoms with van der Waals surface area (Å²) >= 11 is 0. The van der Waals surface area contributed by atoms with E-state index < -0.39 is 102 Å². The fourth-order valence-electron chi connectivity index (χ4n) is 9.72. The van der Waals surface area contributed by atoms with Crippen LogP contribution in [-0.2, 0) is 87.3 Å². The number of pyridine rings is 2. The molecule has 2 aromatic heterocycles. The van der Waals surface area contributed by atoms with Crippen molar-refractivity contribution in [1.82, 2.24) is 51.7 Å². The lowest BCUT2D eigenvalue weighted by Crippen LogP contribution is -2.44. The average Bonchev–Trinajstić information content (AvgIpc) is 2.58. The molecular weight excluding hydrogens is 1060 g/mol. The van der Waals surface area contributed by atoms with Crippen molar-refractivity contribution in [3.63, 3.8) is 0 Å². The van der Waals surface area contributed by atoms with Crippen molar-refractivity contribution in [3.05, 3.63) is 115 Å². The van der Waals surface area contributed by atoms with Crippen molar-refractivity contribution >= 4 is 76.1 Å². The van der Waals surface area contributed by atoms with Crippen LogP contribution in [-0.4, -0.2) is 138 Å². The van der Waals surface area contributed by atoms with Crippen LogP contribution in [0.25, 0.3) is 28.4 Å². The normalized spacial score (nSPS) is 16.7. The van der Waals surface area contributed by atoms with Gasteiger partial charge in [0.05, 0.1) is 81.1 Å². The third kappa shape index (κ3) is 13.5. The van der Waals surface area contributed by atoms with Gasteiger partial charge in [-0.3, -0.25) is 52.8 Å². The van der Waals surface area contributed by atoms with E-state index in [1.165, 1.54) is 16.7 Å². The molecule has 0 radical (unpaired) electrons. The van der Waals surface area contributed by atoms with E-state index >= 15 is 4.39 Å². The van der Waals surface area contributed by atoms with Crippen LogP contribution < -0.4 is 42.8 Å². The number of carbonyl (C=O) groups excluding carboxylic acids is 10. The molecule has 0 bridgehead atoms. The number of nitrogens with one attached hydrogen (secondary N) is 7. The lowest BCUT2D eigenvalue weighted by molar-refractivity contribution is -0.172. The largest absolute Gasteiger partial charge is 0.458 e. The van der Waals surface area contributed by atoms with E-state index in [1.807, 2.05) is 0 Å². The Kier molecular flexibility index (Phi) is 18.6. The van der Waals surface area contributed by atoms with Gasteiger partial charge in [0, 0.05) is 60.5 Å². The highest BCUT2D eigenvalue weighted by molar-refractivity contribution is 6.13. The van der Waals surface area contributed by atoms with Crippen LogP contribution in [0, 0.1) is 12.7 Å². The van der Waals surface area contributed by atoms with Crippen molar-refractivity contribution in [1.29, 1.82) is 0 Å². The second-order valence-electron chi connectivity index (χ2n) is 19.2. The molecule has 0 saturated heterocycles. The van der Waals surface area contributed by atoms with Gasteiger partial charge < -0.3 is 61.1 Å². The number of aryl methyl sites for hydroxylation is 1. The lowest BCUT2D eigenvalue weighted by atomic mass is 9.81. The van der Waals surface area contributed by atoms with E-state index in [0.717, 1.165) is 22.6 Å². The average molecular weight is 1120 g/mol. The highest BCUT2D eigenvalue weighted by Crippen LogP contribution is 2.46. The van der Waals surface area contributed by atoms with Gasteiger partial charge in [0.1, 0.15) is 24.9 Å². The molecule has 2 aromatic carbocycles. The molecule has 0 fully saturated rings. The Morgan fingerprint density at radius 3 is 2.25 bits per heavy atom. The molecule has 26 heteroatoms. The first kappa shape index (κ1) is 58.1. The van der Waals surface area contributed by atoms with Crippen LogP contribution >= 0.6 is 0 Å². The molecule has 5 heterocycles. The van der Waals surface area contributed by atoms with Crippen molar-refractivity contribution in [2.45, 2.75) is 77.2 Å². The Bertz CT molecular complexity index is 3340. The fraction of sp³-hybridized carbons (Fsp3) is 0.382. The Labute approximate surface area is 461 Å². The predicted octanol–water partition coefficient (Wildman–Crippen LogP) is -0.545. The zero-order valence-electron chi connectivity index (χ0n) is 44.3. The number of aromatic nitrogens is 2. The number of esters is 1. The fourth-order valence-corrected chi connectivity index (χ4v) is 9.72. The third-order valence-electron chi connectivity index (χ3n) is 14.0. The number of ether oxygens (including phenoxy) is 3. The van der Waals surface area contributed by atoms with E-state index in [9.17, 15) is 57.8 Å². The number of amides is 9. The molecule has 1 aliphatic carbocycles. The van der Waals surface area contributed by atoms with Crippen LogP contribution in [0.2, 0.25) is 0 Å². The number of hydrogen-bond donors (Lipinski definition) is 8. The van der Waals surface area contributed by atoms with E-state index in [-0.39, 0.29) is 95.3 Å². The zero-order chi connectivity index (χ0) is 58.0. The van der Waals surface area contributed by atoms with E-state index in [0.29, 0.717) is 57.4 Å². The van der Waals surface area contributed by atoms with E-state index in [1.54, 1.807) is 50.2 Å². The standard InChI is InChI=1S/C55H59FN10O15/c1-3-55(78)35-22-40-51-33(27-66(40)53(76)34(35)28-81-54(55)77)50-37(10-9-32-30(2)36(56)23-38(64-51)49(32)50)62-43(69)12-11-41(67)57-16-19-80-29-61-45(71)25-60-52(75)39(21-31-7-5-4-6-8-31)63-46(72)26-59-44(70)24-58-42(68)15-18-79-20-17-65-47(73)13-14-48(65)74/h4-8,13-14,21-23,37,78H,3,9-12,15-20,24-29H2,1-2H3,(H,57,67)(H,58,68)(H,59,70)(H,60,75)(H,61,71)(H,62,69)(H,63,72)/b39-21-/t37-,55-/m0/s1. The number of carbonyl (C=O) groups is 10. The molecule has 0 saturated carbocycles. The van der Waals surface area contributed by atoms with E-state index in [4.69, 9.17) is 19.2 Å². The first-order chi connectivity index (χ1) is 38.9. The number of nitrogens with zero attached hydrogens (tertiary/aromatic N) is 3. The molecule has 8 N–H and O–H groups in total. The highest BCUT2D eigenvalue weighted by atomic mass is 19.1. The molecular formula is C55H59FN10O15. The molecule has 426 valence electrons. The van der Waals surface area contributed by atoms with Crippen molar-refractivity contribution in [2.24, 2.45) is 0 Å². The maximum Gasteiger partial charge on any atom is 0.343 e. The minimum absolute atomic E-state index is 0.0155. The minimum atomic E-state index is -2.05. The van der Waals surface area contributed by atoms with Crippen LogP contribution in [0.4, 0.5) is 4.39 Å². The molecule has 2 atom stereocenters. The number of rotatable bonds is 25. The number of fused-ring (bicyclic) bond motifs is 5. The van der Waals surface area contributed by atoms with E-state index in [2.05, 4.69) is 37.2 Å². The summed E-state index contributed by atoms with van der Waals surface area (Å²) in [6.45, 7) is 1.13. The minimum Gasteiger partial charge on any atom is -0.458 e. The molecule has 4 aromatic rings. The Hall–Kier alpha value is -9.01. The number of hydrogen-bond acceptors (Lipinski definition) is 16. The number of halogens is 1. The molecule has 9 amide bonds. The van der Waals surface area contributed by atoms with Crippen molar-refractivity contribution in [3.8, 4) is 11.4 Å². The Morgan fingerprint density at radius 1 is 0.802 bits per heavy atom. The molecule has 0 spiro atoms. The van der Waals surface area contributed by atoms with Crippen LogP contribution in [0.15, 0.2) is 65.1 Å². The number of aliphatic hydroxyl groups is 1. The summed E-state index contributed by atoms with van der Waals surface area (Å²) < 4.78 is 32.7. The molecule has 3 aliphatic heterocycles.